The van der Waals surface area contributed by atoms with Crippen molar-refractivity contribution in [2.75, 3.05) is 19.7 Å². The smallest absolute Gasteiger partial charge is 0.318 e. The molecule has 1 saturated heterocycles. The molecule has 1 aliphatic rings. The number of nitrogens with one attached hydrogen (secondary N) is 1. The summed E-state index contributed by atoms with van der Waals surface area (Å²) in [6.07, 6.45) is 2.27. The van der Waals surface area contributed by atoms with Crippen LogP contribution in [0.1, 0.15) is 49.4 Å². The van der Waals surface area contributed by atoms with Crippen molar-refractivity contribution >= 4 is 6.03 Å². The Labute approximate surface area is 168 Å². The summed E-state index contributed by atoms with van der Waals surface area (Å²) in [6, 6.07) is 18.4. The summed E-state index contributed by atoms with van der Waals surface area (Å²) in [5.41, 5.74) is 3.40. The molecule has 1 aliphatic heterocycles. The molecule has 0 aliphatic carbocycles. The van der Waals surface area contributed by atoms with Gasteiger partial charge in [0.2, 0.25) is 0 Å². The highest BCUT2D eigenvalue weighted by Crippen LogP contribution is 2.24. The molecule has 4 heteroatoms. The van der Waals surface area contributed by atoms with E-state index in [2.05, 4.69) is 56.4 Å². The van der Waals surface area contributed by atoms with Crippen molar-refractivity contribution in [3.63, 3.8) is 0 Å². The Kier molecular flexibility index (Phi) is 7.10. The Bertz CT molecular complexity index is 752. The van der Waals surface area contributed by atoms with Crippen molar-refractivity contribution in [3.8, 4) is 0 Å². The second kappa shape index (κ2) is 9.74. The van der Waals surface area contributed by atoms with E-state index in [1.807, 2.05) is 29.2 Å². The minimum Gasteiger partial charge on any atom is -0.379 e. The number of carbonyl (C=O) groups is 1. The van der Waals surface area contributed by atoms with Gasteiger partial charge in [-0.15, -0.1) is 0 Å². The number of piperidine rings is 1. The zero-order chi connectivity index (χ0) is 19.9. The molecule has 0 spiro atoms. The van der Waals surface area contributed by atoms with Crippen LogP contribution in [0.25, 0.3) is 0 Å². The summed E-state index contributed by atoms with van der Waals surface area (Å²) in [5.74, 6) is 0.549. The van der Waals surface area contributed by atoms with E-state index in [9.17, 15) is 4.79 Å². The van der Waals surface area contributed by atoms with Gasteiger partial charge in [0.1, 0.15) is 0 Å². The van der Waals surface area contributed by atoms with E-state index < -0.39 is 0 Å². The van der Waals surface area contributed by atoms with Gasteiger partial charge in [-0.3, -0.25) is 0 Å². The van der Waals surface area contributed by atoms with Gasteiger partial charge >= 0.3 is 6.03 Å². The van der Waals surface area contributed by atoms with Crippen LogP contribution in [0.4, 0.5) is 4.79 Å². The molecule has 0 radical (unpaired) electrons. The van der Waals surface area contributed by atoms with E-state index in [0.717, 1.165) is 43.7 Å². The lowest BCUT2D eigenvalue weighted by molar-refractivity contribution is 0.0343. The summed E-state index contributed by atoms with van der Waals surface area (Å²) < 4.78 is 5.75. The van der Waals surface area contributed by atoms with Crippen LogP contribution >= 0.6 is 0 Å². The molecule has 0 aromatic heterocycles. The molecule has 1 heterocycles. The molecule has 0 bridgehead atoms. The van der Waals surface area contributed by atoms with Gasteiger partial charge in [0.05, 0.1) is 12.1 Å². The average Bonchev–Trinajstić information content (AvgIpc) is 2.71. The molecule has 4 nitrogen and oxygen atoms in total. The fourth-order valence-corrected chi connectivity index (χ4v) is 3.70. The number of ether oxygens (including phenoxy) is 1. The van der Waals surface area contributed by atoms with Gasteiger partial charge in [0, 0.05) is 19.7 Å². The molecule has 1 N–H and O–H groups in total. The van der Waals surface area contributed by atoms with Gasteiger partial charge < -0.3 is 15.0 Å². The lowest BCUT2D eigenvalue weighted by atomic mass is 9.96. The number of likely N-dealkylation sites (tertiary alicyclic amines) is 1. The lowest BCUT2D eigenvalue weighted by Crippen LogP contribution is -2.46. The number of urea groups is 1. The summed E-state index contributed by atoms with van der Waals surface area (Å²) in [6.45, 7) is 8.58. The average molecular weight is 381 g/mol. The standard InChI is InChI=1S/C24H32N2O2/c1-18(2)28-17-20-12-14-26(15-13-20)24(27)25-23(21-9-5-4-6-10-21)22-11-7-8-19(3)16-22/h4-11,16,18,20,23H,12-15,17H2,1-3H3,(H,25,27)/t23-/m0/s1. The highest BCUT2D eigenvalue weighted by Gasteiger charge is 2.25. The van der Waals surface area contributed by atoms with Gasteiger partial charge in [-0.05, 0) is 50.7 Å². The van der Waals surface area contributed by atoms with Crippen LogP contribution < -0.4 is 5.32 Å². The minimum absolute atomic E-state index is 0.0126. The molecule has 150 valence electrons. The molecule has 28 heavy (non-hydrogen) atoms. The van der Waals surface area contributed by atoms with Gasteiger partial charge in [0.15, 0.2) is 0 Å². The normalized spacial score (nSPS) is 16.2. The number of rotatable bonds is 6. The van der Waals surface area contributed by atoms with E-state index in [-0.39, 0.29) is 18.2 Å². The van der Waals surface area contributed by atoms with Gasteiger partial charge in [-0.1, -0.05) is 60.2 Å². The number of carbonyl (C=O) groups excluding carboxylic acids is 1. The predicted octanol–water partition coefficient (Wildman–Crippen LogP) is 4.93. The first-order valence-electron chi connectivity index (χ1n) is 10.3. The van der Waals surface area contributed by atoms with Crippen LogP contribution in [0.5, 0.6) is 0 Å². The number of benzene rings is 2. The molecular formula is C24H32N2O2. The fourth-order valence-electron chi connectivity index (χ4n) is 3.70. The van der Waals surface area contributed by atoms with E-state index in [4.69, 9.17) is 4.74 Å². The molecule has 2 aromatic rings. The van der Waals surface area contributed by atoms with Crippen molar-refractivity contribution in [3.05, 3.63) is 71.3 Å². The van der Waals surface area contributed by atoms with Crippen LogP contribution in [0.15, 0.2) is 54.6 Å². The summed E-state index contributed by atoms with van der Waals surface area (Å²) in [5, 5.41) is 3.27. The highest BCUT2D eigenvalue weighted by molar-refractivity contribution is 5.75. The molecule has 1 atom stereocenters. The number of amides is 2. The highest BCUT2D eigenvalue weighted by atomic mass is 16.5. The lowest BCUT2D eigenvalue weighted by Gasteiger charge is -2.33. The van der Waals surface area contributed by atoms with E-state index in [0.29, 0.717) is 5.92 Å². The molecule has 3 rings (SSSR count). The number of hydrogen-bond acceptors (Lipinski definition) is 2. The molecule has 1 fully saturated rings. The Morgan fingerprint density at radius 3 is 2.39 bits per heavy atom. The van der Waals surface area contributed by atoms with Crippen molar-refractivity contribution in [2.45, 2.75) is 45.8 Å². The third kappa shape index (κ3) is 5.59. The third-order valence-corrected chi connectivity index (χ3v) is 5.34. The monoisotopic (exact) mass is 380 g/mol. The zero-order valence-electron chi connectivity index (χ0n) is 17.2. The predicted molar refractivity (Wildman–Crippen MR) is 113 cm³/mol. The first-order chi connectivity index (χ1) is 13.5. The van der Waals surface area contributed by atoms with Gasteiger partial charge in [-0.2, -0.15) is 0 Å². The maximum atomic E-state index is 13.0. The van der Waals surface area contributed by atoms with Crippen LogP contribution in [0.3, 0.4) is 0 Å². The molecule has 0 unspecified atom stereocenters. The first kappa shape index (κ1) is 20.4. The molecular weight excluding hydrogens is 348 g/mol. The maximum Gasteiger partial charge on any atom is 0.318 e. The Morgan fingerprint density at radius 1 is 1.07 bits per heavy atom. The Balaban J connectivity index is 1.66. The van der Waals surface area contributed by atoms with Crippen molar-refractivity contribution < 1.29 is 9.53 Å². The van der Waals surface area contributed by atoms with Crippen LogP contribution in [-0.4, -0.2) is 36.7 Å². The number of aryl methyl sites for hydroxylation is 1. The topological polar surface area (TPSA) is 41.6 Å². The van der Waals surface area contributed by atoms with Crippen LogP contribution in [0, 0.1) is 12.8 Å². The van der Waals surface area contributed by atoms with Crippen LogP contribution in [0.2, 0.25) is 0 Å². The summed E-state index contributed by atoms with van der Waals surface area (Å²) >= 11 is 0. The van der Waals surface area contributed by atoms with Crippen molar-refractivity contribution in [1.82, 2.24) is 10.2 Å². The zero-order valence-corrected chi connectivity index (χ0v) is 17.2. The first-order valence-corrected chi connectivity index (χ1v) is 10.3. The van der Waals surface area contributed by atoms with E-state index in [1.165, 1.54) is 5.56 Å². The van der Waals surface area contributed by atoms with E-state index >= 15 is 0 Å². The second-order valence-electron chi connectivity index (χ2n) is 8.02. The van der Waals surface area contributed by atoms with Crippen molar-refractivity contribution in [2.24, 2.45) is 5.92 Å². The Morgan fingerprint density at radius 2 is 1.75 bits per heavy atom. The Hall–Kier alpha value is -2.33. The summed E-state index contributed by atoms with van der Waals surface area (Å²) in [4.78, 5) is 14.9. The van der Waals surface area contributed by atoms with Crippen LogP contribution in [-0.2, 0) is 4.74 Å². The van der Waals surface area contributed by atoms with E-state index in [1.54, 1.807) is 0 Å². The van der Waals surface area contributed by atoms with Gasteiger partial charge in [-0.25, -0.2) is 4.79 Å². The third-order valence-electron chi connectivity index (χ3n) is 5.34. The molecule has 2 amide bonds. The molecule has 0 saturated carbocycles. The molecule has 2 aromatic carbocycles. The maximum absolute atomic E-state index is 13.0. The number of nitrogens with zero attached hydrogens (tertiary/aromatic N) is 1. The quantitative estimate of drug-likeness (QED) is 0.772. The van der Waals surface area contributed by atoms with Crippen molar-refractivity contribution in [1.29, 1.82) is 0 Å². The fraction of sp³-hybridized carbons (Fsp3) is 0.458. The largest absolute Gasteiger partial charge is 0.379 e. The second-order valence-corrected chi connectivity index (χ2v) is 8.02. The SMILES string of the molecule is Cc1cccc([C@@H](NC(=O)N2CCC(COC(C)C)CC2)c2ccccc2)c1. The van der Waals surface area contributed by atoms with Gasteiger partial charge in [0.25, 0.3) is 0 Å². The number of hydrogen-bond donors (Lipinski definition) is 1. The summed E-state index contributed by atoms with van der Waals surface area (Å²) in [7, 11) is 0. The minimum atomic E-state index is -0.143.